The van der Waals surface area contributed by atoms with Gasteiger partial charge in [-0.3, -0.25) is 9.59 Å². The van der Waals surface area contributed by atoms with Crippen LogP contribution in [0.1, 0.15) is 18.4 Å². The Kier molecular flexibility index (Phi) is 5.58. The second-order valence-electron chi connectivity index (χ2n) is 5.36. The van der Waals surface area contributed by atoms with Crippen LogP contribution in [0.15, 0.2) is 36.9 Å². The van der Waals surface area contributed by atoms with Gasteiger partial charge < -0.3 is 15.0 Å². The largest absolute Gasteiger partial charge is 0.496 e. The Morgan fingerprint density at radius 2 is 2.05 bits per heavy atom. The lowest BCUT2D eigenvalue weighted by atomic mass is 10.0. The van der Waals surface area contributed by atoms with Crippen molar-refractivity contribution >= 4 is 11.8 Å². The minimum absolute atomic E-state index is 0.0954. The number of methoxy groups -OCH3 is 1. The fourth-order valence-corrected chi connectivity index (χ4v) is 2.66. The Morgan fingerprint density at radius 3 is 2.68 bits per heavy atom. The molecular formula is C17H22N2O3. The topological polar surface area (TPSA) is 58.6 Å². The van der Waals surface area contributed by atoms with E-state index in [1.165, 1.54) is 6.08 Å². The van der Waals surface area contributed by atoms with Crippen LogP contribution in [0, 0.1) is 0 Å². The molecule has 5 heteroatoms. The van der Waals surface area contributed by atoms with Crippen molar-refractivity contribution in [3.63, 3.8) is 0 Å². The average Bonchev–Trinajstić information content (AvgIpc) is 2.55. The lowest BCUT2D eigenvalue weighted by Gasteiger charge is -2.32. The number of amides is 2. The van der Waals surface area contributed by atoms with E-state index >= 15 is 0 Å². The molecule has 0 aromatic heterocycles. The van der Waals surface area contributed by atoms with Crippen molar-refractivity contribution in [2.24, 2.45) is 0 Å². The highest BCUT2D eigenvalue weighted by molar-refractivity contribution is 5.87. The predicted octanol–water partition coefficient (Wildman–Crippen LogP) is 1.53. The summed E-state index contributed by atoms with van der Waals surface area (Å²) in [5.74, 6) is 0.681. The van der Waals surface area contributed by atoms with Gasteiger partial charge in [-0.2, -0.15) is 0 Å². The number of hydrogen-bond acceptors (Lipinski definition) is 3. The van der Waals surface area contributed by atoms with E-state index in [4.69, 9.17) is 4.74 Å². The molecule has 0 bridgehead atoms. The van der Waals surface area contributed by atoms with Crippen LogP contribution < -0.4 is 10.1 Å². The van der Waals surface area contributed by atoms with Crippen LogP contribution >= 0.6 is 0 Å². The summed E-state index contributed by atoms with van der Waals surface area (Å²) in [5, 5.41) is 2.88. The zero-order valence-electron chi connectivity index (χ0n) is 12.9. The summed E-state index contributed by atoms with van der Waals surface area (Å²) in [6, 6.07) is 7.69. The maximum absolute atomic E-state index is 12.4. The molecule has 0 aliphatic carbocycles. The van der Waals surface area contributed by atoms with Crippen molar-refractivity contribution in [3.8, 4) is 5.75 Å². The van der Waals surface area contributed by atoms with Crippen molar-refractivity contribution in [1.82, 2.24) is 10.2 Å². The summed E-state index contributed by atoms with van der Waals surface area (Å²) < 4.78 is 5.28. The molecule has 0 saturated carbocycles. The number of ether oxygens (including phenoxy) is 1. The van der Waals surface area contributed by atoms with Gasteiger partial charge in [-0.1, -0.05) is 24.8 Å². The lowest BCUT2D eigenvalue weighted by Crippen LogP contribution is -2.46. The van der Waals surface area contributed by atoms with Gasteiger partial charge in [-0.15, -0.1) is 0 Å². The zero-order valence-corrected chi connectivity index (χ0v) is 12.9. The summed E-state index contributed by atoms with van der Waals surface area (Å²) in [6.07, 6.45) is 3.17. The van der Waals surface area contributed by atoms with Gasteiger partial charge in [0.15, 0.2) is 0 Å². The second kappa shape index (κ2) is 7.64. The normalized spacial score (nSPS) is 15.2. The maximum Gasteiger partial charge on any atom is 0.243 e. The quantitative estimate of drug-likeness (QED) is 0.839. The van der Waals surface area contributed by atoms with Crippen molar-refractivity contribution in [2.45, 2.75) is 25.3 Å². The van der Waals surface area contributed by atoms with Gasteiger partial charge in [0, 0.05) is 24.7 Å². The smallest absolute Gasteiger partial charge is 0.243 e. The Balaban J connectivity index is 1.87. The minimum atomic E-state index is -0.154. The molecule has 1 aliphatic rings. The predicted molar refractivity (Wildman–Crippen MR) is 84.6 cm³/mol. The van der Waals surface area contributed by atoms with Gasteiger partial charge in [0.25, 0.3) is 0 Å². The van der Waals surface area contributed by atoms with E-state index in [9.17, 15) is 9.59 Å². The number of carbonyl (C=O) groups excluding carboxylic acids is 2. The van der Waals surface area contributed by atoms with Gasteiger partial charge in [0.1, 0.15) is 5.75 Å². The molecule has 1 aliphatic heterocycles. The summed E-state index contributed by atoms with van der Waals surface area (Å²) in [5.41, 5.74) is 0.900. The minimum Gasteiger partial charge on any atom is -0.496 e. The van der Waals surface area contributed by atoms with Crippen LogP contribution in [0.4, 0.5) is 0 Å². The molecule has 22 heavy (non-hydrogen) atoms. The van der Waals surface area contributed by atoms with Crippen molar-refractivity contribution in [3.05, 3.63) is 42.5 Å². The van der Waals surface area contributed by atoms with Gasteiger partial charge in [0.2, 0.25) is 11.8 Å². The third kappa shape index (κ3) is 4.10. The number of hydrogen-bond donors (Lipinski definition) is 1. The van der Waals surface area contributed by atoms with Crippen molar-refractivity contribution < 1.29 is 14.3 Å². The number of rotatable bonds is 5. The standard InChI is InChI=1S/C17H22N2O3/c1-3-16(20)18-14-8-10-19(11-9-14)17(21)12-13-6-4-5-7-15(13)22-2/h3-7,14H,1,8-12H2,2H3,(H,18,20). The van der Waals surface area contributed by atoms with E-state index in [0.717, 1.165) is 24.2 Å². The summed E-state index contributed by atoms with van der Waals surface area (Å²) in [6.45, 7) is 4.77. The number of carbonyl (C=O) groups is 2. The number of piperidine rings is 1. The highest BCUT2D eigenvalue weighted by atomic mass is 16.5. The van der Waals surface area contributed by atoms with E-state index in [2.05, 4.69) is 11.9 Å². The van der Waals surface area contributed by atoms with Crippen LogP contribution in [-0.4, -0.2) is 43.0 Å². The molecule has 0 atom stereocenters. The van der Waals surface area contributed by atoms with Gasteiger partial charge in [0.05, 0.1) is 13.5 Å². The number of benzene rings is 1. The van der Waals surface area contributed by atoms with E-state index < -0.39 is 0 Å². The molecule has 0 spiro atoms. The Bertz CT molecular complexity index is 549. The van der Waals surface area contributed by atoms with Crippen LogP contribution in [0.5, 0.6) is 5.75 Å². The van der Waals surface area contributed by atoms with Crippen LogP contribution in [0.25, 0.3) is 0 Å². The number of para-hydroxylation sites is 1. The van der Waals surface area contributed by atoms with Crippen LogP contribution in [-0.2, 0) is 16.0 Å². The highest BCUT2D eigenvalue weighted by Gasteiger charge is 2.23. The first-order valence-electron chi connectivity index (χ1n) is 7.46. The van der Waals surface area contributed by atoms with Crippen molar-refractivity contribution in [2.75, 3.05) is 20.2 Å². The first-order chi connectivity index (χ1) is 10.6. The number of nitrogens with one attached hydrogen (secondary N) is 1. The third-order valence-corrected chi connectivity index (χ3v) is 3.91. The molecule has 0 unspecified atom stereocenters. The van der Waals surface area contributed by atoms with E-state index in [1.54, 1.807) is 7.11 Å². The molecule has 1 N–H and O–H groups in total. The van der Waals surface area contributed by atoms with Gasteiger partial charge >= 0.3 is 0 Å². The Hall–Kier alpha value is -2.30. The monoisotopic (exact) mass is 302 g/mol. The van der Waals surface area contributed by atoms with Crippen LogP contribution in [0.2, 0.25) is 0 Å². The Labute approximate surface area is 130 Å². The van der Waals surface area contributed by atoms with E-state index in [-0.39, 0.29) is 17.9 Å². The first-order valence-corrected chi connectivity index (χ1v) is 7.46. The molecule has 2 rings (SSSR count). The molecular weight excluding hydrogens is 280 g/mol. The average molecular weight is 302 g/mol. The van der Waals surface area contributed by atoms with Gasteiger partial charge in [-0.05, 0) is 25.0 Å². The maximum atomic E-state index is 12.4. The fraction of sp³-hybridized carbons (Fsp3) is 0.412. The summed E-state index contributed by atoms with van der Waals surface area (Å²) in [7, 11) is 1.61. The third-order valence-electron chi connectivity index (χ3n) is 3.91. The van der Waals surface area contributed by atoms with Crippen molar-refractivity contribution in [1.29, 1.82) is 0 Å². The number of likely N-dealkylation sites (tertiary alicyclic amines) is 1. The Morgan fingerprint density at radius 1 is 1.36 bits per heavy atom. The highest BCUT2D eigenvalue weighted by Crippen LogP contribution is 2.19. The molecule has 1 aromatic rings. The first kappa shape index (κ1) is 16.1. The van der Waals surface area contributed by atoms with E-state index in [1.807, 2.05) is 29.2 Å². The lowest BCUT2D eigenvalue weighted by molar-refractivity contribution is -0.131. The molecule has 2 amide bonds. The van der Waals surface area contributed by atoms with Gasteiger partial charge in [-0.25, -0.2) is 0 Å². The molecule has 118 valence electrons. The molecule has 1 saturated heterocycles. The number of nitrogens with zero attached hydrogens (tertiary/aromatic N) is 1. The van der Waals surface area contributed by atoms with Crippen LogP contribution in [0.3, 0.4) is 0 Å². The molecule has 0 radical (unpaired) electrons. The summed E-state index contributed by atoms with van der Waals surface area (Å²) in [4.78, 5) is 25.5. The second-order valence-corrected chi connectivity index (χ2v) is 5.36. The molecule has 1 fully saturated rings. The summed E-state index contributed by atoms with van der Waals surface area (Å²) >= 11 is 0. The fourth-order valence-electron chi connectivity index (χ4n) is 2.66. The SMILES string of the molecule is C=CC(=O)NC1CCN(C(=O)Cc2ccccc2OC)CC1. The molecule has 5 nitrogen and oxygen atoms in total. The molecule has 1 heterocycles. The zero-order chi connectivity index (χ0) is 15.9. The molecule has 1 aromatic carbocycles. The van der Waals surface area contributed by atoms with E-state index in [0.29, 0.717) is 19.5 Å².